The molecule has 0 saturated heterocycles. The number of hydrogen-bond donors (Lipinski definition) is 3. The van der Waals surface area contributed by atoms with Crippen molar-refractivity contribution in [1.82, 2.24) is 9.66 Å². The minimum Gasteiger partial charge on any atom is -0.491 e. The van der Waals surface area contributed by atoms with Gasteiger partial charge in [-0.3, -0.25) is 10.8 Å². The molecule has 2 aromatic rings. The molecule has 1 aromatic heterocycles. The van der Waals surface area contributed by atoms with Crippen LogP contribution in [0.15, 0.2) is 12.1 Å². The maximum Gasteiger partial charge on any atom is 0.243 e. The summed E-state index contributed by atoms with van der Waals surface area (Å²) in [6.45, 7) is 0. The number of rotatable bonds is 2. The van der Waals surface area contributed by atoms with E-state index in [-0.39, 0.29) is 17.5 Å². The van der Waals surface area contributed by atoms with E-state index in [0.717, 1.165) is 0 Å². The lowest BCUT2D eigenvalue weighted by atomic mass is 10.2. The molecular weight excluding hydrogens is 273 g/mol. The smallest absolute Gasteiger partial charge is 0.243 e. The van der Waals surface area contributed by atoms with Gasteiger partial charge in [0.25, 0.3) is 0 Å². The van der Waals surface area contributed by atoms with Gasteiger partial charge in [0.1, 0.15) is 17.5 Å². The molecule has 0 aliphatic carbocycles. The molecule has 0 amide bonds. The van der Waals surface area contributed by atoms with E-state index >= 15 is 0 Å². The summed E-state index contributed by atoms with van der Waals surface area (Å²) in [5.74, 6) is 0.470. The molecule has 1 unspecified atom stereocenters. The predicted molar refractivity (Wildman–Crippen MR) is 69.6 cm³/mol. The Hall–Kier alpha value is -2.02. The number of benzene rings is 1. The van der Waals surface area contributed by atoms with Crippen LogP contribution in [0.3, 0.4) is 0 Å². The van der Waals surface area contributed by atoms with Crippen molar-refractivity contribution in [2.45, 2.75) is 6.17 Å². The summed E-state index contributed by atoms with van der Waals surface area (Å²) in [4.78, 5) is 4.07. The van der Waals surface area contributed by atoms with Crippen molar-refractivity contribution in [3.8, 4) is 5.75 Å². The molecular formula is C11H11ClFN5O. The summed E-state index contributed by atoms with van der Waals surface area (Å²) in [7, 11) is 1.37. The van der Waals surface area contributed by atoms with Gasteiger partial charge in [0.05, 0.1) is 13.0 Å². The van der Waals surface area contributed by atoms with Gasteiger partial charge in [-0.25, -0.2) is 14.1 Å². The van der Waals surface area contributed by atoms with Crippen LogP contribution in [0.2, 0.25) is 0 Å². The SMILES string of the molecule is COc1c(F)ccc2c3n(c(=N)nc12)NC(CCl)N3. The van der Waals surface area contributed by atoms with Crippen molar-refractivity contribution in [3.63, 3.8) is 0 Å². The summed E-state index contributed by atoms with van der Waals surface area (Å²) in [6.07, 6.45) is -0.200. The number of fused-ring (bicyclic) bond motifs is 3. The fourth-order valence-electron chi connectivity index (χ4n) is 2.12. The van der Waals surface area contributed by atoms with E-state index < -0.39 is 5.82 Å². The fraction of sp³-hybridized carbons (Fsp3) is 0.273. The maximum atomic E-state index is 13.7. The zero-order chi connectivity index (χ0) is 13.6. The van der Waals surface area contributed by atoms with E-state index in [2.05, 4.69) is 15.7 Å². The highest BCUT2D eigenvalue weighted by Crippen LogP contribution is 2.31. The van der Waals surface area contributed by atoms with E-state index in [1.807, 2.05) is 0 Å². The standard InChI is InChI=1S/C11H11ClFN5O/c1-19-9-6(13)3-2-5-8(9)16-11(14)18-10(5)15-7(4-12)17-18/h2-3,7,14-15,17H,4H2,1H3. The van der Waals surface area contributed by atoms with E-state index in [0.29, 0.717) is 22.6 Å². The van der Waals surface area contributed by atoms with Crippen molar-refractivity contribution in [3.05, 3.63) is 23.6 Å². The summed E-state index contributed by atoms with van der Waals surface area (Å²) < 4.78 is 20.2. The minimum atomic E-state index is -0.508. The van der Waals surface area contributed by atoms with Crippen LogP contribution in [0.25, 0.3) is 10.9 Å². The number of ether oxygens (including phenoxy) is 1. The zero-order valence-corrected chi connectivity index (χ0v) is 10.8. The Morgan fingerprint density at radius 2 is 2.37 bits per heavy atom. The Morgan fingerprint density at radius 1 is 1.58 bits per heavy atom. The first-order valence-electron chi connectivity index (χ1n) is 5.58. The van der Waals surface area contributed by atoms with Crippen LogP contribution in [0.5, 0.6) is 5.75 Å². The quantitative estimate of drug-likeness (QED) is 0.724. The predicted octanol–water partition coefficient (Wildman–Crippen LogP) is 1.20. The first-order chi connectivity index (χ1) is 9.15. The van der Waals surface area contributed by atoms with E-state index in [4.69, 9.17) is 21.7 Å². The van der Waals surface area contributed by atoms with Crippen LogP contribution >= 0.6 is 11.6 Å². The monoisotopic (exact) mass is 283 g/mol. The van der Waals surface area contributed by atoms with Crippen LogP contribution in [-0.4, -0.2) is 28.8 Å². The molecule has 0 bridgehead atoms. The van der Waals surface area contributed by atoms with Gasteiger partial charge in [-0.15, -0.1) is 11.6 Å². The molecule has 1 atom stereocenters. The van der Waals surface area contributed by atoms with Crippen LogP contribution in [0.4, 0.5) is 10.2 Å². The molecule has 6 nitrogen and oxygen atoms in total. The Balaban J connectivity index is 2.34. The molecule has 1 aliphatic rings. The number of anilines is 1. The van der Waals surface area contributed by atoms with Crippen LogP contribution in [0.1, 0.15) is 0 Å². The number of methoxy groups -OCH3 is 1. The molecule has 100 valence electrons. The van der Waals surface area contributed by atoms with Gasteiger partial charge in [0.2, 0.25) is 5.62 Å². The molecule has 2 heterocycles. The Labute approximate surface area is 112 Å². The molecule has 3 N–H and O–H groups in total. The topological polar surface area (TPSA) is 75.0 Å². The van der Waals surface area contributed by atoms with Crippen molar-refractivity contribution >= 4 is 28.3 Å². The molecule has 3 rings (SSSR count). The molecule has 0 radical (unpaired) electrons. The number of alkyl halides is 1. The van der Waals surface area contributed by atoms with E-state index in [1.54, 1.807) is 6.07 Å². The third-order valence-electron chi connectivity index (χ3n) is 2.95. The number of nitrogens with zero attached hydrogens (tertiary/aromatic N) is 2. The molecule has 1 aromatic carbocycles. The maximum absolute atomic E-state index is 13.7. The molecule has 0 fully saturated rings. The number of nitrogens with one attached hydrogen (secondary N) is 3. The van der Waals surface area contributed by atoms with E-state index in [9.17, 15) is 4.39 Å². The average Bonchev–Trinajstić information content (AvgIpc) is 2.83. The Morgan fingerprint density at radius 3 is 3.05 bits per heavy atom. The van der Waals surface area contributed by atoms with Crippen molar-refractivity contribution in [2.24, 2.45) is 0 Å². The van der Waals surface area contributed by atoms with Gasteiger partial charge >= 0.3 is 0 Å². The molecule has 0 saturated carbocycles. The van der Waals surface area contributed by atoms with Crippen LogP contribution < -0.4 is 21.1 Å². The normalized spacial score (nSPS) is 16.9. The first kappa shape index (κ1) is 12.0. The van der Waals surface area contributed by atoms with Gasteiger partial charge in [0, 0.05) is 5.39 Å². The second-order valence-corrected chi connectivity index (χ2v) is 4.39. The van der Waals surface area contributed by atoms with Crippen molar-refractivity contribution < 1.29 is 9.13 Å². The van der Waals surface area contributed by atoms with Gasteiger partial charge in [-0.2, -0.15) is 0 Å². The Bertz CT molecular complexity index is 716. The highest BCUT2D eigenvalue weighted by Gasteiger charge is 2.23. The second kappa shape index (κ2) is 4.27. The lowest BCUT2D eigenvalue weighted by Crippen LogP contribution is -2.32. The van der Waals surface area contributed by atoms with Gasteiger partial charge in [-0.05, 0) is 12.1 Å². The zero-order valence-electron chi connectivity index (χ0n) is 10.00. The van der Waals surface area contributed by atoms with E-state index in [1.165, 1.54) is 17.9 Å². The van der Waals surface area contributed by atoms with Gasteiger partial charge in [-0.1, -0.05) is 0 Å². The Kier molecular flexibility index (Phi) is 2.70. The molecule has 0 spiro atoms. The highest BCUT2D eigenvalue weighted by atomic mass is 35.5. The largest absolute Gasteiger partial charge is 0.491 e. The first-order valence-corrected chi connectivity index (χ1v) is 6.12. The number of aromatic nitrogens is 2. The summed E-state index contributed by atoms with van der Waals surface area (Å²) >= 11 is 5.78. The molecule has 19 heavy (non-hydrogen) atoms. The third-order valence-corrected chi connectivity index (χ3v) is 3.25. The lowest BCUT2D eigenvalue weighted by molar-refractivity contribution is 0.390. The third kappa shape index (κ3) is 1.69. The molecule has 8 heteroatoms. The second-order valence-electron chi connectivity index (χ2n) is 4.08. The summed E-state index contributed by atoms with van der Waals surface area (Å²) in [5, 5.41) is 11.7. The van der Waals surface area contributed by atoms with Crippen LogP contribution in [0, 0.1) is 11.2 Å². The molecule has 1 aliphatic heterocycles. The van der Waals surface area contributed by atoms with Gasteiger partial charge < -0.3 is 10.1 Å². The van der Waals surface area contributed by atoms with Crippen molar-refractivity contribution in [2.75, 3.05) is 23.7 Å². The summed E-state index contributed by atoms with van der Waals surface area (Å²) in [5.41, 5.74) is 3.24. The lowest BCUT2D eigenvalue weighted by Gasteiger charge is -2.09. The number of halogens is 2. The van der Waals surface area contributed by atoms with Crippen LogP contribution in [-0.2, 0) is 0 Å². The fourth-order valence-corrected chi connectivity index (χ4v) is 2.27. The number of hydrogen-bond acceptors (Lipinski definition) is 5. The average molecular weight is 284 g/mol. The minimum absolute atomic E-state index is 0.0329. The van der Waals surface area contributed by atoms with Crippen molar-refractivity contribution in [1.29, 1.82) is 5.41 Å². The highest BCUT2D eigenvalue weighted by molar-refractivity contribution is 6.18. The summed E-state index contributed by atoms with van der Waals surface area (Å²) in [6, 6.07) is 2.90. The van der Waals surface area contributed by atoms with Gasteiger partial charge in [0.15, 0.2) is 11.6 Å².